The number of hydrogen-bond acceptors (Lipinski definition) is 4. The van der Waals surface area contributed by atoms with Crippen LogP contribution in [0, 0.1) is 0 Å². The summed E-state index contributed by atoms with van der Waals surface area (Å²) in [5.74, 6) is 0. The number of ether oxygens (including phenoxy) is 2. The maximum atomic E-state index is 11.6. The molecule has 0 N–H and O–H groups in total. The molecule has 23 heavy (non-hydrogen) atoms. The van der Waals surface area contributed by atoms with Gasteiger partial charge in [-0.3, -0.25) is 4.98 Å². The highest BCUT2D eigenvalue weighted by molar-refractivity contribution is 5.85. The Hall–Kier alpha value is -2.62. The molecule has 1 aliphatic carbocycles. The van der Waals surface area contributed by atoms with Crippen molar-refractivity contribution in [3.05, 3.63) is 66.5 Å². The van der Waals surface area contributed by atoms with Crippen molar-refractivity contribution in [2.75, 3.05) is 13.2 Å². The number of carbonyl (C=O) groups excluding carboxylic acids is 1. The van der Waals surface area contributed by atoms with Crippen LogP contribution in [0.25, 0.3) is 10.8 Å². The molecular weight excluding hydrogens is 290 g/mol. The normalized spacial score (nSPS) is 19.7. The van der Waals surface area contributed by atoms with Crippen molar-refractivity contribution in [1.82, 2.24) is 4.98 Å². The predicted molar refractivity (Wildman–Crippen MR) is 89.3 cm³/mol. The quantitative estimate of drug-likeness (QED) is 0.796. The molecule has 1 aliphatic rings. The fourth-order valence-corrected chi connectivity index (χ4v) is 2.88. The Morgan fingerprint density at radius 1 is 1.22 bits per heavy atom. The van der Waals surface area contributed by atoms with Crippen LogP contribution < -0.4 is 0 Å². The Labute approximate surface area is 135 Å². The highest BCUT2D eigenvalue weighted by atomic mass is 16.7. The minimum Gasteiger partial charge on any atom is -0.435 e. The number of aromatic nitrogens is 1. The lowest BCUT2D eigenvalue weighted by Gasteiger charge is -2.31. The summed E-state index contributed by atoms with van der Waals surface area (Å²) in [6.45, 7) is 2.26. The van der Waals surface area contributed by atoms with Gasteiger partial charge in [0.1, 0.15) is 6.61 Å². The summed E-state index contributed by atoms with van der Waals surface area (Å²) in [6, 6.07) is 10.1. The molecule has 1 unspecified atom stereocenters. The summed E-state index contributed by atoms with van der Waals surface area (Å²) in [4.78, 5) is 16.2. The van der Waals surface area contributed by atoms with E-state index in [1.807, 2.05) is 30.4 Å². The number of nitrogens with zero attached hydrogens (tertiary/aromatic N) is 1. The molecule has 4 nitrogen and oxygen atoms in total. The van der Waals surface area contributed by atoms with Gasteiger partial charge in [0.05, 0.1) is 17.7 Å². The van der Waals surface area contributed by atoms with E-state index in [1.54, 1.807) is 13.1 Å². The third-order valence-corrected chi connectivity index (χ3v) is 4.00. The van der Waals surface area contributed by atoms with Crippen molar-refractivity contribution in [2.24, 2.45) is 0 Å². The van der Waals surface area contributed by atoms with Gasteiger partial charge in [0, 0.05) is 11.6 Å². The van der Waals surface area contributed by atoms with Crippen LogP contribution in [0.5, 0.6) is 0 Å². The standard InChI is InChI=1S/C19H19NO3/c1-2-22-18(21)23-14-19(11-6-3-7-12-19)17-16-9-5-4-8-15(16)10-13-20-17/h3-11,13H,2,12,14H2,1H3. The van der Waals surface area contributed by atoms with Crippen LogP contribution >= 0.6 is 0 Å². The number of fused-ring (bicyclic) bond motifs is 1. The van der Waals surface area contributed by atoms with E-state index < -0.39 is 11.6 Å². The summed E-state index contributed by atoms with van der Waals surface area (Å²) in [5, 5.41) is 2.19. The molecule has 1 heterocycles. The van der Waals surface area contributed by atoms with E-state index in [1.165, 1.54) is 0 Å². The first-order valence-corrected chi connectivity index (χ1v) is 7.73. The summed E-state index contributed by atoms with van der Waals surface area (Å²) in [6.07, 6.45) is 9.98. The molecule has 0 spiro atoms. The number of allylic oxidation sites excluding steroid dienone is 3. The predicted octanol–water partition coefficient (Wildman–Crippen LogP) is 4.16. The molecule has 4 heteroatoms. The van der Waals surface area contributed by atoms with Crippen molar-refractivity contribution in [3.8, 4) is 0 Å². The number of carbonyl (C=O) groups is 1. The van der Waals surface area contributed by atoms with Gasteiger partial charge in [-0.05, 0) is 24.8 Å². The minimum atomic E-state index is -0.643. The van der Waals surface area contributed by atoms with E-state index in [0.717, 1.165) is 22.9 Å². The van der Waals surface area contributed by atoms with E-state index in [4.69, 9.17) is 9.47 Å². The average molecular weight is 309 g/mol. The first-order chi connectivity index (χ1) is 11.2. The van der Waals surface area contributed by atoms with Crippen molar-refractivity contribution < 1.29 is 14.3 Å². The Kier molecular flexibility index (Phi) is 4.42. The zero-order valence-electron chi connectivity index (χ0n) is 13.1. The topological polar surface area (TPSA) is 48.4 Å². The molecule has 3 rings (SSSR count). The van der Waals surface area contributed by atoms with E-state index >= 15 is 0 Å². The highest BCUT2D eigenvalue weighted by Crippen LogP contribution is 2.36. The summed E-state index contributed by atoms with van der Waals surface area (Å²) in [5.41, 5.74) is 0.447. The first-order valence-electron chi connectivity index (χ1n) is 7.73. The zero-order valence-corrected chi connectivity index (χ0v) is 13.1. The molecule has 118 valence electrons. The van der Waals surface area contributed by atoms with Gasteiger partial charge in [0.25, 0.3) is 0 Å². The molecule has 0 saturated carbocycles. The number of rotatable bonds is 4. The largest absolute Gasteiger partial charge is 0.508 e. The van der Waals surface area contributed by atoms with Crippen LogP contribution in [0.4, 0.5) is 4.79 Å². The Balaban J connectivity index is 2.00. The monoisotopic (exact) mass is 309 g/mol. The third kappa shape index (κ3) is 3.11. The van der Waals surface area contributed by atoms with Gasteiger partial charge >= 0.3 is 6.16 Å². The Morgan fingerprint density at radius 3 is 2.87 bits per heavy atom. The van der Waals surface area contributed by atoms with Gasteiger partial charge in [0.2, 0.25) is 0 Å². The van der Waals surface area contributed by atoms with Crippen LogP contribution in [-0.2, 0) is 14.9 Å². The van der Waals surface area contributed by atoms with Crippen LogP contribution in [0.3, 0.4) is 0 Å². The lowest BCUT2D eigenvalue weighted by Crippen LogP contribution is -2.33. The molecule has 1 aromatic heterocycles. The van der Waals surface area contributed by atoms with Crippen molar-refractivity contribution in [2.45, 2.75) is 18.8 Å². The molecule has 1 aromatic carbocycles. The second-order valence-electron chi connectivity index (χ2n) is 5.50. The fraction of sp³-hybridized carbons (Fsp3) is 0.263. The van der Waals surface area contributed by atoms with Crippen LogP contribution in [0.1, 0.15) is 19.0 Å². The maximum absolute atomic E-state index is 11.6. The van der Waals surface area contributed by atoms with Crippen LogP contribution in [0.15, 0.2) is 60.8 Å². The van der Waals surface area contributed by atoms with Crippen molar-refractivity contribution in [1.29, 1.82) is 0 Å². The van der Waals surface area contributed by atoms with E-state index in [2.05, 4.69) is 29.3 Å². The van der Waals surface area contributed by atoms with Gasteiger partial charge in [-0.2, -0.15) is 0 Å². The molecule has 0 radical (unpaired) electrons. The average Bonchev–Trinajstić information content (AvgIpc) is 2.61. The first kappa shape index (κ1) is 15.3. The Bertz CT molecular complexity index is 761. The van der Waals surface area contributed by atoms with Crippen molar-refractivity contribution in [3.63, 3.8) is 0 Å². The smallest absolute Gasteiger partial charge is 0.435 e. The van der Waals surface area contributed by atoms with Gasteiger partial charge < -0.3 is 9.47 Å². The second kappa shape index (κ2) is 6.65. The van der Waals surface area contributed by atoms with Crippen molar-refractivity contribution >= 4 is 16.9 Å². The van der Waals surface area contributed by atoms with E-state index in [9.17, 15) is 4.79 Å². The van der Waals surface area contributed by atoms with Crippen LogP contribution in [-0.4, -0.2) is 24.4 Å². The molecule has 0 bridgehead atoms. The molecule has 1 atom stereocenters. The van der Waals surface area contributed by atoms with Gasteiger partial charge in [-0.1, -0.05) is 48.6 Å². The number of hydrogen-bond donors (Lipinski definition) is 0. The third-order valence-electron chi connectivity index (χ3n) is 4.00. The molecular formula is C19H19NO3. The lowest BCUT2D eigenvalue weighted by atomic mass is 9.77. The summed E-state index contributed by atoms with van der Waals surface area (Å²) in [7, 11) is 0. The van der Waals surface area contributed by atoms with E-state index in [0.29, 0.717) is 6.61 Å². The van der Waals surface area contributed by atoms with Gasteiger partial charge in [-0.25, -0.2) is 4.79 Å². The van der Waals surface area contributed by atoms with Gasteiger partial charge in [0.15, 0.2) is 0 Å². The van der Waals surface area contributed by atoms with E-state index in [-0.39, 0.29) is 6.61 Å². The lowest BCUT2D eigenvalue weighted by molar-refractivity contribution is 0.0470. The SMILES string of the molecule is CCOC(=O)OCC1(c2nccc3ccccc23)C=CC=CC1. The number of pyridine rings is 1. The molecule has 0 aliphatic heterocycles. The Morgan fingerprint density at radius 2 is 2.09 bits per heavy atom. The summed E-state index contributed by atoms with van der Waals surface area (Å²) >= 11 is 0. The number of benzene rings is 1. The van der Waals surface area contributed by atoms with Gasteiger partial charge in [-0.15, -0.1) is 0 Å². The zero-order chi connectivity index (χ0) is 16.1. The fourth-order valence-electron chi connectivity index (χ4n) is 2.88. The van der Waals surface area contributed by atoms with Crippen LogP contribution in [0.2, 0.25) is 0 Å². The molecule has 2 aromatic rings. The molecule has 0 fully saturated rings. The second-order valence-corrected chi connectivity index (χ2v) is 5.50. The summed E-state index contributed by atoms with van der Waals surface area (Å²) < 4.78 is 10.2. The molecule has 0 saturated heterocycles. The molecule has 0 amide bonds. The maximum Gasteiger partial charge on any atom is 0.508 e. The highest BCUT2D eigenvalue weighted by Gasteiger charge is 2.34. The minimum absolute atomic E-state index is 0.202.